The number of piperidine rings is 1. The van der Waals surface area contributed by atoms with Gasteiger partial charge in [0.25, 0.3) is 0 Å². The van der Waals surface area contributed by atoms with Crippen molar-refractivity contribution in [2.45, 2.75) is 32.2 Å². The molecule has 1 fully saturated rings. The van der Waals surface area contributed by atoms with Crippen LogP contribution in [0.5, 0.6) is 0 Å². The summed E-state index contributed by atoms with van der Waals surface area (Å²) in [6, 6.07) is 3.96. The van der Waals surface area contributed by atoms with Crippen LogP contribution in [0.1, 0.15) is 30.8 Å². The van der Waals surface area contributed by atoms with Crippen LogP contribution in [-0.4, -0.2) is 61.4 Å². The second-order valence-electron chi connectivity index (χ2n) is 6.36. The van der Waals surface area contributed by atoms with Gasteiger partial charge < -0.3 is 19.5 Å². The first-order valence-corrected chi connectivity index (χ1v) is 8.42. The van der Waals surface area contributed by atoms with Crippen molar-refractivity contribution >= 4 is 17.9 Å². The number of hydrogen-bond donors (Lipinski definition) is 1. The summed E-state index contributed by atoms with van der Waals surface area (Å²) >= 11 is 0. The second-order valence-corrected chi connectivity index (χ2v) is 6.36. The van der Waals surface area contributed by atoms with Gasteiger partial charge in [-0.25, -0.2) is 0 Å². The SMILES string of the molecule is Cc1ccc(/C=C/C(=O)NCCC(=O)N(C)C2CCN(C)CC2)o1. The van der Waals surface area contributed by atoms with Crippen LogP contribution >= 0.6 is 0 Å². The highest BCUT2D eigenvalue weighted by atomic mass is 16.3. The Kier molecular flexibility index (Phi) is 6.61. The topological polar surface area (TPSA) is 65.8 Å². The highest BCUT2D eigenvalue weighted by Crippen LogP contribution is 2.14. The van der Waals surface area contributed by atoms with Crippen LogP contribution in [0.25, 0.3) is 6.08 Å². The first-order valence-electron chi connectivity index (χ1n) is 8.42. The number of amides is 2. The number of carbonyl (C=O) groups is 2. The number of likely N-dealkylation sites (tertiary alicyclic amines) is 1. The van der Waals surface area contributed by atoms with Crippen molar-refractivity contribution in [3.8, 4) is 0 Å². The van der Waals surface area contributed by atoms with E-state index in [1.54, 1.807) is 12.1 Å². The van der Waals surface area contributed by atoms with Crippen LogP contribution in [0.2, 0.25) is 0 Å². The van der Waals surface area contributed by atoms with Gasteiger partial charge in [-0.3, -0.25) is 9.59 Å². The Morgan fingerprint density at radius 3 is 2.71 bits per heavy atom. The Hall–Kier alpha value is -2.08. The molecule has 24 heavy (non-hydrogen) atoms. The van der Waals surface area contributed by atoms with Crippen molar-refractivity contribution in [2.24, 2.45) is 0 Å². The Labute approximate surface area is 143 Å². The van der Waals surface area contributed by atoms with Crippen LogP contribution < -0.4 is 5.32 Å². The number of nitrogens with one attached hydrogen (secondary N) is 1. The lowest BCUT2D eigenvalue weighted by Crippen LogP contribution is -2.45. The van der Waals surface area contributed by atoms with E-state index < -0.39 is 0 Å². The summed E-state index contributed by atoms with van der Waals surface area (Å²) < 4.78 is 5.35. The third-order valence-corrected chi connectivity index (χ3v) is 4.43. The number of rotatable bonds is 6. The van der Waals surface area contributed by atoms with E-state index in [0.29, 0.717) is 24.8 Å². The molecule has 2 heterocycles. The summed E-state index contributed by atoms with van der Waals surface area (Å²) in [6.45, 7) is 4.24. The fraction of sp³-hybridized carbons (Fsp3) is 0.556. The van der Waals surface area contributed by atoms with E-state index >= 15 is 0 Å². The van der Waals surface area contributed by atoms with Crippen LogP contribution in [0.3, 0.4) is 0 Å². The fourth-order valence-electron chi connectivity index (χ4n) is 2.81. The molecule has 1 saturated heterocycles. The zero-order chi connectivity index (χ0) is 17.5. The van der Waals surface area contributed by atoms with Gasteiger partial charge in [0, 0.05) is 32.1 Å². The van der Waals surface area contributed by atoms with Crippen molar-refractivity contribution < 1.29 is 14.0 Å². The number of furan rings is 1. The zero-order valence-corrected chi connectivity index (χ0v) is 14.7. The number of nitrogens with zero attached hydrogens (tertiary/aromatic N) is 2. The average molecular weight is 333 g/mol. The smallest absolute Gasteiger partial charge is 0.244 e. The van der Waals surface area contributed by atoms with E-state index in [-0.39, 0.29) is 11.8 Å². The molecular weight excluding hydrogens is 306 g/mol. The van der Waals surface area contributed by atoms with E-state index in [1.807, 2.05) is 24.9 Å². The molecule has 2 rings (SSSR count). The molecule has 132 valence electrons. The van der Waals surface area contributed by atoms with Gasteiger partial charge in [-0.1, -0.05) is 0 Å². The second kappa shape index (κ2) is 8.68. The van der Waals surface area contributed by atoms with Crippen molar-refractivity contribution in [1.82, 2.24) is 15.1 Å². The van der Waals surface area contributed by atoms with Crippen molar-refractivity contribution in [2.75, 3.05) is 33.7 Å². The lowest BCUT2D eigenvalue weighted by atomic mass is 10.0. The van der Waals surface area contributed by atoms with Crippen molar-refractivity contribution in [3.05, 3.63) is 29.7 Å². The molecule has 0 bridgehead atoms. The molecule has 0 radical (unpaired) electrons. The van der Waals surface area contributed by atoms with Gasteiger partial charge in [-0.2, -0.15) is 0 Å². The lowest BCUT2D eigenvalue weighted by molar-refractivity contribution is -0.132. The molecule has 1 aliphatic heterocycles. The third kappa shape index (κ3) is 5.53. The molecular formula is C18H27N3O3. The first-order chi connectivity index (χ1) is 11.5. The number of aryl methyl sites for hydroxylation is 1. The standard InChI is InChI=1S/C18H27N3O3/c1-14-4-5-16(24-14)6-7-17(22)19-11-8-18(23)21(3)15-9-12-20(2)13-10-15/h4-7,15H,8-13H2,1-3H3,(H,19,22)/b7-6+. The highest BCUT2D eigenvalue weighted by Gasteiger charge is 2.23. The van der Waals surface area contributed by atoms with Gasteiger partial charge in [0.2, 0.25) is 11.8 Å². The van der Waals surface area contributed by atoms with Gasteiger partial charge in [0.15, 0.2) is 0 Å². The third-order valence-electron chi connectivity index (χ3n) is 4.43. The van der Waals surface area contributed by atoms with Gasteiger partial charge in [-0.05, 0) is 58.1 Å². The molecule has 6 nitrogen and oxygen atoms in total. The molecule has 0 spiro atoms. The molecule has 1 N–H and O–H groups in total. The molecule has 0 aromatic carbocycles. The monoisotopic (exact) mass is 333 g/mol. The van der Waals surface area contributed by atoms with E-state index in [9.17, 15) is 9.59 Å². The van der Waals surface area contributed by atoms with Crippen molar-refractivity contribution in [3.63, 3.8) is 0 Å². The molecule has 1 aliphatic rings. The van der Waals surface area contributed by atoms with Gasteiger partial charge in [0.05, 0.1) is 0 Å². The Morgan fingerprint density at radius 1 is 1.38 bits per heavy atom. The van der Waals surface area contributed by atoms with E-state index in [4.69, 9.17) is 4.42 Å². The Bertz CT molecular complexity index is 586. The largest absolute Gasteiger partial charge is 0.462 e. The molecule has 6 heteroatoms. The minimum atomic E-state index is -0.223. The molecule has 2 amide bonds. The highest BCUT2D eigenvalue weighted by molar-refractivity contribution is 5.91. The van der Waals surface area contributed by atoms with Crippen molar-refractivity contribution in [1.29, 1.82) is 0 Å². The molecule has 1 aromatic heterocycles. The normalized spacial score (nSPS) is 16.5. The molecule has 1 aromatic rings. The average Bonchev–Trinajstić information content (AvgIpc) is 2.98. The minimum Gasteiger partial charge on any atom is -0.462 e. The summed E-state index contributed by atoms with van der Waals surface area (Å²) in [4.78, 5) is 28.1. The molecule has 0 atom stereocenters. The number of hydrogen-bond acceptors (Lipinski definition) is 4. The maximum Gasteiger partial charge on any atom is 0.244 e. The Morgan fingerprint density at radius 2 is 2.08 bits per heavy atom. The fourth-order valence-corrected chi connectivity index (χ4v) is 2.81. The maximum atomic E-state index is 12.2. The zero-order valence-electron chi connectivity index (χ0n) is 14.7. The molecule has 0 aliphatic carbocycles. The summed E-state index contributed by atoms with van der Waals surface area (Å²) in [6.07, 6.45) is 5.38. The lowest BCUT2D eigenvalue weighted by Gasteiger charge is -2.35. The van der Waals surface area contributed by atoms with Gasteiger partial charge in [-0.15, -0.1) is 0 Å². The van der Waals surface area contributed by atoms with Gasteiger partial charge >= 0.3 is 0 Å². The molecule has 0 saturated carbocycles. The van der Waals surface area contributed by atoms with Crippen LogP contribution in [0.4, 0.5) is 0 Å². The quantitative estimate of drug-likeness (QED) is 0.804. The van der Waals surface area contributed by atoms with Crippen LogP contribution in [0, 0.1) is 6.92 Å². The predicted molar refractivity (Wildman–Crippen MR) is 93.4 cm³/mol. The van der Waals surface area contributed by atoms with Gasteiger partial charge in [0.1, 0.15) is 11.5 Å². The minimum absolute atomic E-state index is 0.0792. The summed E-state index contributed by atoms with van der Waals surface area (Å²) in [5.74, 6) is 1.30. The number of carbonyl (C=O) groups excluding carboxylic acids is 2. The summed E-state index contributed by atoms with van der Waals surface area (Å²) in [5.41, 5.74) is 0. The van der Waals surface area contributed by atoms with E-state index in [2.05, 4.69) is 17.3 Å². The van der Waals surface area contributed by atoms with Crippen LogP contribution in [0.15, 0.2) is 22.6 Å². The molecule has 0 unspecified atom stereocenters. The summed E-state index contributed by atoms with van der Waals surface area (Å²) in [5, 5.41) is 2.73. The predicted octanol–water partition coefficient (Wildman–Crippen LogP) is 1.66. The van der Waals surface area contributed by atoms with E-state index in [0.717, 1.165) is 31.7 Å². The van der Waals surface area contributed by atoms with Crippen LogP contribution in [-0.2, 0) is 9.59 Å². The first kappa shape index (κ1) is 18.3. The Balaban J connectivity index is 1.68. The van der Waals surface area contributed by atoms with E-state index in [1.165, 1.54) is 6.08 Å². The summed E-state index contributed by atoms with van der Waals surface area (Å²) in [7, 11) is 3.96. The maximum absolute atomic E-state index is 12.2.